The minimum absolute atomic E-state index is 0.0243. The van der Waals surface area contributed by atoms with Crippen LogP contribution in [0.25, 0.3) is 0 Å². The van der Waals surface area contributed by atoms with Gasteiger partial charge in [0.15, 0.2) is 0 Å². The first-order valence-corrected chi connectivity index (χ1v) is 11.2. The van der Waals surface area contributed by atoms with E-state index in [0.29, 0.717) is 16.7 Å². The molecule has 0 unspecified atom stereocenters. The maximum atomic E-state index is 13.2. The van der Waals surface area contributed by atoms with E-state index in [4.69, 9.17) is 9.47 Å². The van der Waals surface area contributed by atoms with Gasteiger partial charge in [-0.3, -0.25) is 4.79 Å². The van der Waals surface area contributed by atoms with Gasteiger partial charge in [0.05, 0.1) is 24.2 Å². The Balaban J connectivity index is 1.64. The van der Waals surface area contributed by atoms with E-state index in [0.717, 1.165) is 16.7 Å². The molecule has 1 amide bonds. The summed E-state index contributed by atoms with van der Waals surface area (Å²) in [6.07, 6.45) is 0. The summed E-state index contributed by atoms with van der Waals surface area (Å²) in [5.74, 6) is -1.09. The number of carbonyl (C=O) groups is 3. The molecule has 0 fully saturated rings. The minimum Gasteiger partial charge on any atom is -0.460 e. The van der Waals surface area contributed by atoms with Gasteiger partial charge in [0.2, 0.25) is 0 Å². The molecule has 0 saturated carbocycles. The number of nitrogens with zero attached hydrogens (tertiary/aromatic N) is 1. The quantitative estimate of drug-likeness (QED) is 0.431. The molecule has 0 atom stereocenters. The zero-order valence-corrected chi connectivity index (χ0v) is 19.7. The molecule has 0 bridgehead atoms. The molecule has 0 heterocycles. The fourth-order valence-corrected chi connectivity index (χ4v) is 3.55. The van der Waals surface area contributed by atoms with E-state index in [-0.39, 0.29) is 32.2 Å². The number of esters is 2. The molecule has 0 N–H and O–H groups in total. The maximum Gasteiger partial charge on any atom is 0.338 e. The van der Waals surface area contributed by atoms with Gasteiger partial charge in [0.1, 0.15) is 13.2 Å². The number of carbonyl (C=O) groups excluding carboxylic acids is 3. The SMILES string of the molecule is Cc1ccccc1C(=O)OCCN(CCOC(=O)c1ccccc1C)C(=O)c1ccccc1C. The van der Waals surface area contributed by atoms with E-state index in [1.54, 1.807) is 41.3 Å². The van der Waals surface area contributed by atoms with E-state index in [1.165, 1.54) is 0 Å². The van der Waals surface area contributed by atoms with E-state index in [1.807, 2.05) is 57.2 Å². The van der Waals surface area contributed by atoms with Crippen molar-refractivity contribution < 1.29 is 23.9 Å². The second-order valence-electron chi connectivity index (χ2n) is 8.01. The van der Waals surface area contributed by atoms with Crippen LogP contribution in [0.3, 0.4) is 0 Å². The fraction of sp³-hybridized carbons (Fsp3) is 0.250. The summed E-state index contributed by atoms with van der Waals surface area (Å²) in [5, 5.41) is 0. The Hall–Kier alpha value is -3.93. The van der Waals surface area contributed by atoms with Gasteiger partial charge in [-0.25, -0.2) is 9.59 Å². The lowest BCUT2D eigenvalue weighted by atomic mass is 10.1. The molecule has 6 nitrogen and oxygen atoms in total. The monoisotopic (exact) mass is 459 g/mol. The molecule has 0 aliphatic heterocycles. The third kappa shape index (κ3) is 6.32. The standard InChI is InChI=1S/C28H29NO5/c1-20-10-4-7-13-23(20)26(30)29(16-18-33-27(31)24-14-8-5-11-21(24)2)17-19-34-28(32)25-15-9-6-12-22(25)3/h4-15H,16-19H2,1-3H3. The first kappa shape index (κ1) is 24.7. The summed E-state index contributed by atoms with van der Waals surface area (Å²) < 4.78 is 10.9. The fourth-order valence-electron chi connectivity index (χ4n) is 3.55. The molecular weight excluding hydrogens is 430 g/mol. The summed E-state index contributed by atoms with van der Waals surface area (Å²) in [5.41, 5.74) is 4.02. The summed E-state index contributed by atoms with van der Waals surface area (Å²) >= 11 is 0. The Morgan fingerprint density at radius 3 is 1.32 bits per heavy atom. The normalized spacial score (nSPS) is 10.4. The number of amides is 1. The predicted molar refractivity (Wildman–Crippen MR) is 130 cm³/mol. The average molecular weight is 460 g/mol. The minimum atomic E-state index is -0.438. The molecular formula is C28H29NO5. The average Bonchev–Trinajstić information content (AvgIpc) is 2.83. The van der Waals surface area contributed by atoms with Crippen LogP contribution in [0.15, 0.2) is 72.8 Å². The van der Waals surface area contributed by atoms with E-state index in [2.05, 4.69) is 0 Å². The van der Waals surface area contributed by atoms with Gasteiger partial charge in [-0.1, -0.05) is 54.6 Å². The Morgan fingerprint density at radius 2 is 0.941 bits per heavy atom. The second kappa shape index (κ2) is 11.8. The van der Waals surface area contributed by atoms with Gasteiger partial charge in [-0.15, -0.1) is 0 Å². The lowest BCUT2D eigenvalue weighted by molar-refractivity contribution is 0.0361. The Bertz CT molecular complexity index is 1110. The highest BCUT2D eigenvalue weighted by atomic mass is 16.5. The summed E-state index contributed by atoms with van der Waals surface area (Å²) in [6.45, 7) is 5.94. The molecule has 0 saturated heterocycles. The Labute approximate surface area is 200 Å². The van der Waals surface area contributed by atoms with Crippen LogP contribution in [0.4, 0.5) is 0 Å². The van der Waals surface area contributed by atoms with Gasteiger partial charge >= 0.3 is 11.9 Å². The van der Waals surface area contributed by atoms with Crippen LogP contribution < -0.4 is 0 Å². The molecule has 34 heavy (non-hydrogen) atoms. The topological polar surface area (TPSA) is 72.9 Å². The van der Waals surface area contributed by atoms with Crippen LogP contribution in [0.2, 0.25) is 0 Å². The van der Waals surface area contributed by atoms with Gasteiger partial charge in [0, 0.05) is 5.56 Å². The highest BCUT2D eigenvalue weighted by molar-refractivity contribution is 5.96. The highest BCUT2D eigenvalue weighted by Gasteiger charge is 2.19. The Morgan fingerprint density at radius 1 is 0.588 bits per heavy atom. The van der Waals surface area contributed by atoms with Crippen molar-refractivity contribution in [3.8, 4) is 0 Å². The second-order valence-corrected chi connectivity index (χ2v) is 8.01. The number of ether oxygens (including phenoxy) is 2. The van der Waals surface area contributed by atoms with Gasteiger partial charge < -0.3 is 14.4 Å². The van der Waals surface area contributed by atoms with Crippen LogP contribution >= 0.6 is 0 Å². The van der Waals surface area contributed by atoms with Gasteiger partial charge in [0.25, 0.3) is 5.91 Å². The molecule has 0 aliphatic rings. The smallest absolute Gasteiger partial charge is 0.338 e. The largest absolute Gasteiger partial charge is 0.460 e. The number of hydrogen-bond acceptors (Lipinski definition) is 5. The molecule has 0 spiro atoms. The first-order valence-electron chi connectivity index (χ1n) is 11.2. The van der Waals surface area contributed by atoms with Gasteiger partial charge in [-0.05, 0) is 55.7 Å². The number of benzene rings is 3. The maximum absolute atomic E-state index is 13.2. The van der Waals surface area contributed by atoms with E-state index >= 15 is 0 Å². The number of hydrogen-bond donors (Lipinski definition) is 0. The lowest BCUT2D eigenvalue weighted by Crippen LogP contribution is -2.37. The molecule has 3 rings (SSSR count). The van der Waals surface area contributed by atoms with Crippen LogP contribution in [0, 0.1) is 20.8 Å². The Kier molecular flexibility index (Phi) is 8.57. The zero-order valence-electron chi connectivity index (χ0n) is 19.7. The molecule has 0 aromatic heterocycles. The van der Waals surface area contributed by atoms with Crippen LogP contribution in [0.1, 0.15) is 47.8 Å². The van der Waals surface area contributed by atoms with Crippen molar-refractivity contribution in [2.45, 2.75) is 20.8 Å². The van der Waals surface area contributed by atoms with Crippen LogP contribution in [-0.4, -0.2) is 49.0 Å². The van der Waals surface area contributed by atoms with Crippen molar-refractivity contribution in [3.05, 3.63) is 106 Å². The van der Waals surface area contributed by atoms with Crippen molar-refractivity contribution in [1.82, 2.24) is 4.90 Å². The van der Waals surface area contributed by atoms with Crippen molar-refractivity contribution in [3.63, 3.8) is 0 Å². The molecule has 6 heteroatoms. The van der Waals surface area contributed by atoms with Crippen LogP contribution in [0.5, 0.6) is 0 Å². The van der Waals surface area contributed by atoms with E-state index < -0.39 is 11.9 Å². The summed E-state index contributed by atoms with van der Waals surface area (Å²) in [7, 11) is 0. The lowest BCUT2D eigenvalue weighted by Gasteiger charge is -2.23. The highest BCUT2D eigenvalue weighted by Crippen LogP contribution is 2.13. The summed E-state index contributed by atoms with van der Waals surface area (Å²) in [4.78, 5) is 39.6. The number of aryl methyl sites for hydroxylation is 3. The third-order valence-corrected chi connectivity index (χ3v) is 5.58. The zero-order chi connectivity index (χ0) is 24.5. The van der Waals surface area contributed by atoms with Crippen molar-refractivity contribution >= 4 is 17.8 Å². The molecule has 3 aromatic carbocycles. The molecule has 176 valence electrons. The molecule has 0 aliphatic carbocycles. The molecule has 3 aromatic rings. The van der Waals surface area contributed by atoms with E-state index in [9.17, 15) is 14.4 Å². The first-order chi connectivity index (χ1) is 16.4. The molecule has 0 radical (unpaired) electrons. The van der Waals surface area contributed by atoms with Crippen LogP contribution in [-0.2, 0) is 9.47 Å². The van der Waals surface area contributed by atoms with Gasteiger partial charge in [-0.2, -0.15) is 0 Å². The van der Waals surface area contributed by atoms with Crippen molar-refractivity contribution in [1.29, 1.82) is 0 Å². The predicted octanol–water partition coefficient (Wildman–Crippen LogP) is 4.77. The number of rotatable bonds is 9. The third-order valence-electron chi connectivity index (χ3n) is 5.58. The van der Waals surface area contributed by atoms with Crippen molar-refractivity contribution in [2.75, 3.05) is 26.3 Å². The summed E-state index contributed by atoms with van der Waals surface area (Å²) in [6, 6.07) is 21.6. The van der Waals surface area contributed by atoms with Crippen molar-refractivity contribution in [2.24, 2.45) is 0 Å².